The summed E-state index contributed by atoms with van der Waals surface area (Å²) in [5, 5.41) is 2.50. The molecule has 6 heteroatoms. The Morgan fingerprint density at radius 1 is 1.03 bits per heavy atom. The highest BCUT2D eigenvalue weighted by Gasteiger charge is 2.18. The van der Waals surface area contributed by atoms with Crippen LogP contribution in [0.15, 0.2) is 46.6 Å². The molecular weight excluding hydrogens is 408 g/mol. The second kappa shape index (κ2) is 8.12. The minimum Gasteiger partial charge on any atom is -0.496 e. The standard InChI is InChI=1S/C25H24N2O3S/c1-14-6-7-19(10-15(14)2)21(28)12-27-17(4)26-24-23(25(27)29)20(13-31-24)18-8-9-22(30-5)16(3)11-18/h6-11,13H,12H2,1-5H3. The van der Waals surface area contributed by atoms with Crippen LogP contribution in [0.2, 0.25) is 0 Å². The molecule has 0 saturated heterocycles. The highest BCUT2D eigenvalue weighted by molar-refractivity contribution is 7.17. The van der Waals surface area contributed by atoms with Crippen molar-refractivity contribution in [3.63, 3.8) is 0 Å². The highest BCUT2D eigenvalue weighted by Crippen LogP contribution is 2.33. The Labute approximate surface area is 185 Å². The van der Waals surface area contributed by atoms with E-state index >= 15 is 0 Å². The van der Waals surface area contributed by atoms with Crippen molar-refractivity contribution in [2.75, 3.05) is 7.11 Å². The number of benzene rings is 2. The molecule has 4 aromatic rings. The largest absolute Gasteiger partial charge is 0.496 e. The molecule has 0 N–H and O–H groups in total. The first-order chi connectivity index (χ1) is 14.8. The van der Waals surface area contributed by atoms with E-state index in [4.69, 9.17) is 4.74 Å². The Morgan fingerprint density at radius 2 is 1.81 bits per heavy atom. The summed E-state index contributed by atoms with van der Waals surface area (Å²) in [4.78, 5) is 31.7. The van der Waals surface area contributed by atoms with Crippen LogP contribution in [-0.4, -0.2) is 22.4 Å². The number of carbonyl (C=O) groups is 1. The van der Waals surface area contributed by atoms with E-state index in [0.29, 0.717) is 21.6 Å². The summed E-state index contributed by atoms with van der Waals surface area (Å²) < 4.78 is 6.83. The molecule has 0 unspecified atom stereocenters. The van der Waals surface area contributed by atoms with E-state index < -0.39 is 0 Å². The number of aryl methyl sites for hydroxylation is 4. The van der Waals surface area contributed by atoms with E-state index in [0.717, 1.165) is 33.6 Å². The van der Waals surface area contributed by atoms with Crippen LogP contribution in [0.5, 0.6) is 5.75 Å². The van der Waals surface area contributed by atoms with Crippen LogP contribution in [0, 0.1) is 27.7 Å². The summed E-state index contributed by atoms with van der Waals surface area (Å²) >= 11 is 1.44. The molecule has 0 radical (unpaired) electrons. The molecule has 4 rings (SSSR count). The fourth-order valence-electron chi connectivity index (χ4n) is 3.72. The predicted molar refractivity (Wildman–Crippen MR) is 126 cm³/mol. The number of fused-ring (bicyclic) bond motifs is 1. The average molecular weight is 433 g/mol. The Hall–Kier alpha value is -3.25. The van der Waals surface area contributed by atoms with Gasteiger partial charge in [-0.1, -0.05) is 18.2 Å². The lowest BCUT2D eigenvalue weighted by molar-refractivity contribution is 0.0969. The van der Waals surface area contributed by atoms with E-state index in [1.165, 1.54) is 15.9 Å². The van der Waals surface area contributed by atoms with Crippen molar-refractivity contribution in [3.05, 3.63) is 80.2 Å². The van der Waals surface area contributed by atoms with Crippen molar-refractivity contribution < 1.29 is 9.53 Å². The third-order valence-corrected chi connectivity index (χ3v) is 6.59. The number of aromatic nitrogens is 2. The molecule has 0 saturated carbocycles. The number of carbonyl (C=O) groups excluding carboxylic acids is 1. The van der Waals surface area contributed by atoms with Gasteiger partial charge in [-0.05, 0) is 68.1 Å². The molecule has 0 aliphatic carbocycles. The monoisotopic (exact) mass is 432 g/mol. The van der Waals surface area contributed by atoms with E-state index in [9.17, 15) is 9.59 Å². The van der Waals surface area contributed by atoms with E-state index in [2.05, 4.69) is 4.98 Å². The molecule has 0 fully saturated rings. The second-order valence-corrected chi connectivity index (χ2v) is 8.64. The molecule has 0 amide bonds. The molecule has 2 aromatic carbocycles. The van der Waals surface area contributed by atoms with Gasteiger partial charge in [-0.3, -0.25) is 14.2 Å². The summed E-state index contributed by atoms with van der Waals surface area (Å²) in [5.41, 5.74) is 5.35. The zero-order valence-corrected chi connectivity index (χ0v) is 19.1. The fourth-order valence-corrected chi connectivity index (χ4v) is 4.70. The number of nitrogens with zero attached hydrogens (tertiary/aromatic N) is 2. The van der Waals surface area contributed by atoms with Crippen molar-refractivity contribution in [3.8, 4) is 16.9 Å². The number of Topliss-reactive ketones (excluding diaryl/α,β-unsaturated/α-hetero) is 1. The summed E-state index contributed by atoms with van der Waals surface area (Å²) in [6.45, 7) is 7.69. The average Bonchev–Trinajstić information content (AvgIpc) is 3.16. The number of hydrogen-bond donors (Lipinski definition) is 0. The second-order valence-electron chi connectivity index (χ2n) is 7.79. The van der Waals surface area contributed by atoms with Crippen molar-refractivity contribution in [1.29, 1.82) is 0 Å². The van der Waals surface area contributed by atoms with Crippen LogP contribution >= 0.6 is 11.3 Å². The molecule has 0 bridgehead atoms. The van der Waals surface area contributed by atoms with Gasteiger partial charge in [0.05, 0.1) is 19.0 Å². The normalized spacial score (nSPS) is 11.1. The molecule has 0 aliphatic heterocycles. The van der Waals surface area contributed by atoms with Crippen LogP contribution < -0.4 is 10.3 Å². The first kappa shape index (κ1) is 21.0. The lowest BCUT2D eigenvalue weighted by Gasteiger charge is -2.11. The van der Waals surface area contributed by atoms with Crippen LogP contribution in [0.25, 0.3) is 21.3 Å². The molecule has 0 spiro atoms. The third kappa shape index (κ3) is 3.79. The van der Waals surface area contributed by atoms with Gasteiger partial charge in [0.15, 0.2) is 5.78 Å². The number of hydrogen-bond acceptors (Lipinski definition) is 5. The van der Waals surface area contributed by atoms with Crippen LogP contribution in [0.3, 0.4) is 0 Å². The molecule has 31 heavy (non-hydrogen) atoms. The smallest absolute Gasteiger partial charge is 0.263 e. The van der Waals surface area contributed by atoms with E-state index in [1.54, 1.807) is 14.0 Å². The molecule has 0 aliphatic rings. The Balaban J connectivity index is 1.79. The van der Waals surface area contributed by atoms with Gasteiger partial charge >= 0.3 is 0 Å². The summed E-state index contributed by atoms with van der Waals surface area (Å²) in [5.74, 6) is 1.23. The number of thiophene rings is 1. The Morgan fingerprint density at radius 3 is 2.48 bits per heavy atom. The van der Waals surface area contributed by atoms with Gasteiger partial charge in [-0.25, -0.2) is 4.98 Å². The molecule has 2 heterocycles. The predicted octanol–water partition coefficient (Wildman–Crippen LogP) is 5.25. The van der Waals surface area contributed by atoms with Crippen molar-refractivity contribution in [1.82, 2.24) is 9.55 Å². The van der Waals surface area contributed by atoms with Gasteiger partial charge in [0, 0.05) is 16.5 Å². The zero-order valence-electron chi connectivity index (χ0n) is 18.3. The molecular formula is C25H24N2O3S. The first-order valence-electron chi connectivity index (χ1n) is 10.0. The summed E-state index contributed by atoms with van der Waals surface area (Å²) in [7, 11) is 1.64. The van der Waals surface area contributed by atoms with Crippen LogP contribution in [0.4, 0.5) is 0 Å². The number of methoxy groups -OCH3 is 1. The maximum Gasteiger partial charge on any atom is 0.263 e. The molecule has 2 aromatic heterocycles. The van der Waals surface area contributed by atoms with Gasteiger partial charge < -0.3 is 4.74 Å². The number of rotatable bonds is 5. The van der Waals surface area contributed by atoms with E-state index in [-0.39, 0.29) is 17.9 Å². The van der Waals surface area contributed by atoms with Crippen molar-refractivity contribution >= 4 is 27.3 Å². The molecule has 158 valence electrons. The van der Waals surface area contributed by atoms with Crippen LogP contribution in [-0.2, 0) is 6.54 Å². The third-order valence-electron chi connectivity index (χ3n) is 5.72. The maximum atomic E-state index is 13.5. The minimum atomic E-state index is -0.190. The topological polar surface area (TPSA) is 61.2 Å². The van der Waals surface area contributed by atoms with Gasteiger partial charge in [0.25, 0.3) is 5.56 Å². The quantitative estimate of drug-likeness (QED) is 0.404. The van der Waals surface area contributed by atoms with E-state index in [1.807, 2.05) is 62.5 Å². The fraction of sp³-hybridized carbons (Fsp3) is 0.240. The highest BCUT2D eigenvalue weighted by atomic mass is 32.1. The van der Waals surface area contributed by atoms with Gasteiger partial charge in [0.1, 0.15) is 16.4 Å². The minimum absolute atomic E-state index is 0.0347. The first-order valence-corrected chi connectivity index (χ1v) is 10.9. The number of ether oxygens (including phenoxy) is 1. The van der Waals surface area contributed by atoms with Gasteiger partial charge in [-0.15, -0.1) is 11.3 Å². The Kier molecular flexibility index (Phi) is 5.50. The maximum absolute atomic E-state index is 13.5. The lowest BCUT2D eigenvalue weighted by atomic mass is 10.0. The van der Waals surface area contributed by atoms with Crippen LogP contribution in [0.1, 0.15) is 32.9 Å². The van der Waals surface area contributed by atoms with Gasteiger partial charge in [-0.2, -0.15) is 0 Å². The number of ketones is 1. The molecule has 0 atom stereocenters. The lowest BCUT2D eigenvalue weighted by Crippen LogP contribution is -2.27. The van der Waals surface area contributed by atoms with Crippen molar-refractivity contribution in [2.24, 2.45) is 0 Å². The zero-order chi connectivity index (χ0) is 22.3. The van der Waals surface area contributed by atoms with Gasteiger partial charge in [0.2, 0.25) is 0 Å². The SMILES string of the molecule is COc1ccc(-c2csc3nc(C)n(CC(=O)c4ccc(C)c(C)c4)c(=O)c23)cc1C. The summed E-state index contributed by atoms with van der Waals surface area (Å²) in [6.07, 6.45) is 0. The van der Waals surface area contributed by atoms with Crippen molar-refractivity contribution in [2.45, 2.75) is 34.2 Å². The Bertz CT molecular complexity index is 1380. The molecule has 5 nitrogen and oxygen atoms in total. The summed E-state index contributed by atoms with van der Waals surface area (Å²) in [6, 6.07) is 11.5.